The van der Waals surface area contributed by atoms with E-state index in [-0.39, 0.29) is 76.7 Å². The predicted octanol–water partition coefficient (Wildman–Crippen LogP) is 1.64. The summed E-state index contributed by atoms with van der Waals surface area (Å²) in [5.74, 6) is -4.54. The van der Waals surface area contributed by atoms with E-state index >= 15 is 0 Å². The number of nitrogens with zero attached hydrogens (tertiary/aromatic N) is 7. The van der Waals surface area contributed by atoms with Gasteiger partial charge in [-0.1, -0.05) is 19.9 Å². The Kier molecular flexibility index (Phi) is 15.4. The molecule has 5 aromatic rings. The largest absolute Gasteiger partial charge is 0.507 e. The number of benzene rings is 2. The number of carboxylic acids is 1. The quantitative estimate of drug-likeness (QED) is 0.0559. The molecule has 3 aromatic heterocycles. The minimum absolute atomic E-state index is 0.00473. The number of alkyl carbamates (subject to hydrolysis) is 1. The number of aromatic hydroxyl groups is 1. The van der Waals surface area contributed by atoms with Gasteiger partial charge >= 0.3 is 12.1 Å². The maximum absolute atomic E-state index is 13.4. The van der Waals surface area contributed by atoms with Gasteiger partial charge in [0.2, 0.25) is 23.6 Å². The lowest BCUT2D eigenvalue weighted by Crippen LogP contribution is -2.54. The number of carbonyl (C=O) groups excluding carboxylic acids is 5. The number of aryl methyl sites for hydroxylation is 2. The normalized spacial score (nSPS) is 12.7. The van der Waals surface area contributed by atoms with Crippen LogP contribution in [0.3, 0.4) is 0 Å². The van der Waals surface area contributed by atoms with Crippen LogP contribution in [0.15, 0.2) is 42.6 Å². The minimum Gasteiger partial charge on any atom is -0.507 e. The summed E-state index contributed by atoms with van der Waals surface area (Å²) < 4.78 is 5.27. The number of tetrazole rings is 1. The van der Waals surface area contributed by atoms with Gasteiger partial charge in [0.1, 0.15) is 29.5 Å². The van der Waals surface area contributed by atoms with Gasteiger partial charge in [-0.2, -0.15) is 15.2 Å². The Labute approximate surface area is 371 Å². The first-order valence-electron chi connectivity index (χ1n) is 20.4. The minimum atomic E-state index is -1.36. The summed E-state index contributed by atoms with van der Waals surface area (Å²) in [6, 6.07) is 5.29. The van der Waals surface area contributed by atoms with Crippen LogP contribution >= 0.6 is 0 Å². The lowest BCUT2D eigenvalue weighted by atomic mass is 10.0. The van der Waals surface area contributed by atoms with Gasteiger partial charge in [0.15, 0.2) is 17.0 Å². The topological polar surface area (TPSA) is 370 Å². The summed E-state index contributed by atoms with van der Waals surface area (Å²) in [4.78, 5) is 93.8. The van der Waals surface area contributed by atoms with Gasteiger partial charge in [0.25, 0.3) is 11.8 Å². The molecule has 0 aliphatic heterocycles. The molecule has 0 spiro atoms. The van der Waals surface area contributed by atoms with E-state index in [4.69, 9.17) is 16.2 Å². The number of fused-ring (bicyclic) bond motifs is 1. The van der Waals surface area contributed by atoms with Crippen LogP contribution in [0, 0.1) is 5.92 Å². The number of aromatic amines is 1. The highest BCUT2D eigenvalue weighted by Crippen LogP contribution is 2.25. The Morgan fingerprint density at radius 2 is 1.62 bits per heavy atom. The molecular weight excluding hydrogens is 847 g/mol. The first-order valence-corrected chi connectivity index (χ1v) is 20.4. The van der Waals surface area contributed by atoms with Crippen molar-refractivity contribution in [2.45, 2.75) is 91.0 Å². The van der Waals surface area contributed by atoms with Gasteiger partial charge < -0.3 is 53.0 Å². The van der Waals surface area contributed by atoms with Crippen LogP contribution in [-0.4, -0.2) is 117 Å². The number of nitrogen functional groups attached to an aromatic ring is 2. The number of amides is 5. The molecule has 0 fully saturated rings. The SMILES string of the molecule is CC(NC(=O)C(NC(=O)OC(C)(C)C)C(C)C)C(=O)Nc1ccc(C(=O)NCCCC(NC(=O)c2ccc(CCc3cnc4nc(N)nc(N)c4n3)cc2O)C(=O)O)c(-c2nn[nH]n2)c1. The third kappa shape index (κ3) is 13.2. The van der Waals surface area contributed by atoms with Crippen molar-refractivity contribution in [3.63, 3.8) is 0 Å². The number of H-pyrrole nitrogens is 1. The molecule has 344 valence electrons. The number of aliphatic carboxylic acids is 1. The van der Waals surface area contributed by atoms with Gasteiger partial charge in [0.05, 0.1) is 23.0 Å². The first kappa shape index (κ1) is 48.0. The number of rotatable bonds is 18. The van der Waals surface area contributed by atoms with Crippen molar-refractivity contribution in [2.24, 2.45) is 5.92 Å². The molecule has 0 bridgehead atoms. The molecule has 0 saturated heterocycles. The lowest BCUT2D eigenvalue weighted by Gasteiger charge is -2.26. The molecule has 0 radical (unpaired) electrons. The van der Waals surface area contributed by atoms with E-state index in [0.717, 1.165) is 0 Å². The van der Waals surface area contributed by atoms with Crippen molar-refractivity contribution in [1.29, 1.82) is 0 Å². The third-order valence-corrected chi connectivity index (χ3v) is 9.53. The second-order valence-corrected chi connectivity index (χ2v) is 16.2. The van der Waals surface area contributed by atoms with E-state index in [1.54, 1.807) is 40.7 Å². The summed E-state index contributed by atoms with van der Waals surface area (Å²) in [6.45, 7) is 9.98. The summed E-state index contributed by atoms with van der Waals surface area (Å²) in [6.07, 6.45) is 1.59. The molecule has 5 rings (SSSR count). The number of nitrogens with two attached hydrogens (primary N) is 2. The second kappa shape index (κ2) is 20.9. The maximum atomic E-state index is 13.4. The van der Waals surface area contributed by atoms with Crippen molar-refractivity contribution in [3.05, 3.63) is 65.0 Å². The Bertz CT molecular complexity index is 2560. The molecular formula is C41H51N15O9. The molecule has 12 N–H and O–H groups in total. The smallest absolute Gasteiger partial charge is 0.408 e. The number of carboxylic acid groups (broad SMARTS) is 1. The van der Waals surface area contributed by atoms with Crippen molar-refractivity contribution < 1.29 is 43.7 Å². The number of anilines is 3. The zero-order chi connectivity index (χ0) is 47.6. The van der Waals surface area contributed by atoms with Crippen molar-refractivity contribution >= 4 is 64.3 Å². The zero-order valence-corrected chi connectivity index (χ0v) is 36.4. The molecule has 3 heterocycles. The van der Waals surface area contributed by atoms with Crippen molar-refractivity contribution in [2.75, 3.05) is 23.3 Å². The highest BCUT2D eigenvalue weighted by molar-refractivity contribution is 6.03. The highest BCUT2D eigenvalue weighted by Gasteiger charge is 2.29. The van der Waals surface area contributed by atoms with E-state index in [9.17, 15) is 39.0 Å². The number of hydrogen-bond acceptors (Lipinski definition) is 17. The molecule has 24 nitrogen and oxygen atoms in total. The summed E-state index contributed by atoms with van der Waals surface area (Å²) in [5.41, 5.74) is 12.9. The lowest BCUT2D eigenvalue weighted by molar-refractivity contribution is -0.139. The fraction of sp³-hybridized carbons (Fsp3) is 0.390. The second-order valence-electron chi connectivity index (χ2n) is 16.2. The molecule has 0 aliphatic rings. The van der Waals surface area contributed by atoms with E-state index in [2.05, 4.69) is 67.1 Å². The number of carbonyl (C=O) groups is 6. The molecule has 0 saturated carbocycles. The number of aromatic nitrogens is 8. The molecule has 24 heteroatoms. The van der Waals surface area contributed by atoms with E-state index in [1.165, 1.54) is 43.5 Å². The van der Waals surface area contributed by atoms with Crippen LogP contribution in [0.25, 0.3) is 22.6 Å². The van der Waals surface area contributed by atoms with Gasteiger partial charge in [0, 0.05) is 17.8 Å². The predicted molar refractivity (Wildman–Crippen MR) is 234 cm³/mol. The Hall–Kier alpha value is -8.05. The fourth-order valence-electron chi connectivity index (χ4n) is 6.27. The van der Waals surface area contributed by atoms with E-state index in [1.807, 2.05) is 0 Å². The summed E-state index contributed by atoms with van der Waals surface area (Å²) in [7, 11) is 0. The van der Waals surface area contributed by atoms with Gasteiger partial charge in [-0.05, 0) is 100 Å². The van der Waals surface area contributed by atoms with Crippen LogP contribution in [0.2, 0.25) is 0 Å². The Balaban J connectivity index is 1.14. The van der Waals surface area contributed by atoms with Crippen LogP contribution in [0.4, 0.5) is 22.2 Å². The average Bonchev–Trinajstić information content (AvgIpc) is 3.77. The van der Waals surface area contributed by atoms with E-state index in [0.29, 0.717) is 29.6 Å². The van der Waals surface area contributed by atoms with Gasteiger partial charge in [-0.15, -0.1) is 10.2 Å². The number of nitrogens with one attached hydrogen (secondary N) is 6. The van der Waals surface area contributed by atoms with Crippen LogP contribution < -0.4 is 38.1 Å². The number of hydrogen-bond donors (Lipinski definition) is 10. The van der Waals surface area contributed by atoms with Gasteiger partial charge in [-0.25, -0.2) is 19.6 Å². The van der Waals surface area contributed by atoms with Crippen LogP contribution in [0.1, 0.15) is 86.4 Å². The molecule has 65 heavy (non-hydrogen) atoms. The Morgan fingerprint density at radius 1 is 0.877 bits per heavy atom. The number of phenolic OH excluding ortho intramolecular Hbond substituents is 1. The van der Waals surface area contributed by atoms with Crippen molar-refractivity contribution in [1.82, 2.24) is 61.8 Å². The molecule has 3 atom stereocenters. The van der Waals surface area contributed by atoms with E-state index < -0.39 is 59.4 Å². The standard InChI is InChI=1S/C41H51N15O9/c1-19(2)29(50-40(64)65-41(4,5)6)37(61)46-20(3)34(58)48-22-12-14-24(26(17-22)32-53-55-56-54-32)35(59)44-15-7-8-27(38(62)63)49-36(60)25-13-10-21(16-28(25)57)9-11-23-18-45-33-30(47-23)31(42)51-39(43)52-33/h10,12-14,16-20,27,29,57H,7-9,11,15H2,1-6H3,(H,44,59)(H,46,61)(H,48,58)(H,49,60)(H,50,64)(H,62,63)(H,53,54,55,56)(H4,42,43,45,51,52). The monoisotopic (exact) mass is 897 g/mol. The molecule has 0 aliphatic carbocycles. The Morgan fingerprint density at radius 3 is 2.28 bits per heavy atom. The number of ether oxygens (including phenoxy) is 1. The van der Waals surface area contributed by atoms with Crippen molar-refractivity contribution in [3.8, 4) is 17.1 Å². The van der Waals surface area contributed by atoms with Crippen LogP contribution in [-0.2, 0) is 32.0 Å². The number of phenols is 1. The third-order valence-electron chi connectivity index (χ3n) is 9.53. The highest BCUT2D eigenvalue weighted by atomic mass is 16.6. The first-order chi connectivity index (χ1) is 30.7. The molecule has 5 amide bonds. The molecule has 3 unspecified atom stereocenters. The van der Waals surface area contributed by atoms with Crippen LogP contribution in [0.5, 0.6) is 5.75 Å². The average molecular weight is 898 g/mol. The summed E-state index contributed by atoms with van der Waals surface area (Å²) >= 11 is 0. The zero-order valence-electron chi connectivity index (χ0n) is 36.4. The fourth-order valence-corrected chi connectivity index (χ4v) is 6.27. The summed E-state index contributed by atoms with van der Waals surface area (Å²) in [5, 5.41) is 47.3. The molecule has 2 aromatic carbocycles. The maximum Gasteiger partial charge on any atom is 0.408 e. The van der Waals surface area contributed by atoms with Gasteiger partial charge in [-0.3, -0.25) is 19.2 Å².